The lowest BCUT2D eigenvalue weighted by Crippen LogP contribution is -2.30. The van der Waals surface area contributed by atoms with Crippen molar-refractivity contribution in [1.29, 1.82) is 0 Å². The van der Waals surface area contributed by atoms with Gasteiger partial charge in [0.2, 0.25) is 11.8 Å². The van der Waals surface area contributed by atoms with Crippen molar-refractivity contribution in [2.24, 2.45) is 11.0 Å². The molecule has 0 aromatic heterocycles. The number of halogens is 1. The van der Waals surface area contributed by atoms with Gasteiger partial charge in [-0.3, -0.25) is 9.59 Å². The molecule has 1 atom stereocenters. The summed E-state index contributed by atoms with van der Waals surface area (Å²) < 4.78 is 5.56. The van der Waals surface area contributed by atoms with Gasteiger partial charge in [-0.15, -0.1) is 0 Å². The van der Waals surface area contributed by atoms with Crippen LogP contribution in [-0.2, 0) is 14.3 Å². The van der Waals surface area contributed by atoms with Gasteiger partial charge in [-0.25, -0.2) is 10.2 Å². The molecule has 1 fully saturated rings. The Labute approximate surface area is 170 Å². The maximum absolute atomic E-state index is 12.3. The van der Waals surface area contributed by atoms with Gasteiger partial charge in [0.15, 0.2) is 0 Å². The number of hydrogen-bond donors (Lipinski definition) is 1. The fourth-order valence-electron chi connectivity index (χ4n) is 2.84. The maximum Gasteiger partial charge on any atom is 0.337 e. The van der Waals surface area contributed by atoms with E-state index in [4.69, 9.17) is 0 Å². The summed E-state index contributed by atoms with van der Waals surface area (Å²) in [6, 6.07) is 14.0. The van der Waals surface area contributed by atoms with E-state index in [0.717, 1.165) is 10.2 Å². The van der Waals surface area contributed by atoms with Crippen molar-refractivity contribution in [3.05, 3.63) is 64.1 Å². The zero-order valence-corrected chi connectivity index (χ0v) is 16.7. The molecule has 0 bridgehead atoms. The summed E-state index contributed by atoms with van der Waals surface area (Å²) in [5.74, 6) is -1.28. The van der Waals surface area contributed by atoms with E-state index in [1.165, 1.54) is 13.3 Å². The van der Waals surface area contributed by atoms with E-state index >= 15 is 0 Å². The second-order valence-electron chi connectivity index (χ2n) is 6.23. The average Bonchev–Trinajstić information content (AvgIpc) is 3.10. The molecular weight excluding hydrogens is 426 g/mol. The Bertz CT molecular complexity index is 910. The Balaban J connectivity index is 1.56. The second-order valence-corrected chi connectivity index (χ2v) is 7.15. The molecule has 2 aromatic rings. The van der Waals surface area contributed by atoms with Gasteiger partial charge in [0.05, 0.1) is 24.8 Å². The Hall–Kier alpha value is -3.00. The summed E-state index contributed by atoms with van der Waals surface area (Å²) in [6.45, 7) is 0.315. The second kappa shape index (κ2) is 8.79. The minimum Gasteiger partial charge on any atom is -0.465 e. The van der Waals surface area contributed by atoms with Crippen molar-refractivity contribution in [3.63, 3.8) is 0 Å². The molecule has 1 aliphatic heterocycles. The van der Waals surface area contributed by atoms with Gasteiger partial charge in [0, 0.05) is 23.1 Å². The highest BCUT2D eigenvalue weighted by molar-refractivity contribution is 9.10. The highest BCUT2D eigenvalue weighted by Crippen LogP contribution is 2.26. The predicted octanol–water partition coefficient (Wildman–Crippen LogP) is 2.74. The summed E-state index contributed by atoms with van der Waals surface area (Å²) >= 11 is 3.36. The van der Waals surface area contributed by atoms with Crippen LogP contribution in [-0.4, -0.2) is 37.7 Å². The Kier molecular flexibility index (Phi) is 6.20. The first-order valence-corrected chi connectivity index (χ1v) is 9.34. The van der Waals surface area contributed by atoms with Crippen molar-refractivity contribution in [2.75, 3.05) is 18.6 Å². The molecule has 1 aliphatic rings. The molecule has 0 saturated carbocycles. The fraction of sp³-hybridized carbons (Fsp3) is 0.200. The number of anilines is 1. The zero-order valence-electron chi connectivity index (χ0n) is 15.1. The van der Waals surface area contributed by atoms with Gasteiger partial charge in [-0.05, 0) is 42.0 Å². The normalized spacial score (nSPS) is 16.4. The molecule has 3 rings (SSSR count). The highest BCUT2D eigenvalue weighted by atomic mass is 79.9. The van der Waals surface area contributed by atoms with Crippen LogP contribution in [0.5, 0.6) is 0 Å². The van der Waals surface area contributed by atoms with Crippen molar-refractivity contribution < 1.29 is 19.1 Å². The summed E-state index contributed by atoms with van der Waals surface area (Å²) in [4.78, 5) is 37.6. The van der Waals surface area contributed by atoms with E-state index in [9.17, 15) is 14.4 Å². The van der Waals surface area contributed by atoms with Crippen LogP contribution < -0.4 is 10.3 Å². The molecule has 8 heteroatoms. The van der Waals surface area contributed by atoms with Crippen molar-refractivity contribution in [3.8, 4) is 0 Å². The lowest BCUT2D eigenvalue weighted by Gasteiger charge is -2.16. The number of carbonyl (C=O) groups excluding carboxylic acids is 3. The van der Waals surface area contributed by atoms with Gasteiger partial charge < -0.3 is 9.64 Å². The quantitative estimate of drug-likeness (QED) is 0.437. The maximum atomic E-state index is 12.3. The lowest BCUT2D eigenvalue weighted by atomic mass is 10.1. The standard InChI is InChI=1S/C20H18BrN3O4/c1-28-20(27)14-4-2-13(3-5-14)11-22-23-19(26)15-10-18(25)24(12-15)17-8-6-16(21)7-9-17/h2-9,11,15H,10,12H2,1H3,(H,23,26)/b22-11-/t15-/m0/s1. The van der Waals surface area contributed by atoms with Crippen LogP contribution in [0.25, 0.3) is 0 Å². The number of rotatable bonds is 5. The third-order valence-corrected chi connectivity index (χ3v) is 4.88. The number of ether oxygens (including phenoxy) is 1. The number of hydrogen-bond acceptors (Lipinski definition) is 5. The number of benzene rings is 2. The Morgan fingerprint density at radius 3 is 2.50 bits per heavy atom. The molecule has 2 amide bonds. The number of hydrazone groups is 1. The Morgan fingerprint density at radius 1 is 1.18 bits per heavy atom. The van der Waals surface area contributed by atoms with Crippen LogP contribution in [0.1, 0.15) is 22.3 Å². The van der Waals surface area contributed by atoms with Gasteiger partial charge >= 0.3 is 5.97 Å². The van der Waals surface area contributed by atoms with E-state index in [1.54, 1.807) is 29.2 Å². The SMILES string of the molecule is COC(=O)c1ccc(/C=N\NC(=O)[C@H]2CC(=O)N(c3ccc(Br)cc3)C2)cc1. The number of nitrogens with one attached hydrogen (secondary N) is 1. The third-order valence-electron chi connectivity index (χ3n) is 4.35. The minimum absolute atomic E-state index is 0.0927. The van der Waals surface area contributed by atoms with Gasteiger partial charge in [0.1, 0.15) is 0 Å². The molecule has 0 unspecified atom stereocenters. The average molecular weight is 444 g/mol. The van der Waals surface area contributed by atoms with Crippen LogP contribution >= 0.6 is 15.9 Å². The molecule has 28 heavy (non-hydrogen) atoms. The first-order valence-electron chi connectivity index (χ1n) is 8.55. The van der Waals surface area contributed by atoms with Gasteiger partial charge in [-0.2, -0.15) is 5.10 Å². The first kappa shape index (κ1) is 19.8. The summed E-state index contributed by atoms with van der Waals surface area (Å²) in [7, 11) is 1.32. The van der Waals surface area contributed by atoms with Crippen LogP contribution in [0.2, 0.25) is 0 Å². The number of esters is 1. The molecule has 0 radical (unpaired) electrons. The predicted molar refractivity (Wildman–Crippen MR) is 108 cm³/mol. The fourth-order valence-corrected chi connectivity index (χ4v) is 3.10. The zero-order chi connectivity index (χ0) is 20.1. The van der Waals surface area contributed by atoms with E-state index in [-0.39, 0.29) is 18.2 Å². The molecule has 0 spiro atoms. The van der Waals surface area contributed by atoms with E-state index in [2.05, 4.69) is 31.2 Å². The van der Waals surface area contributed by atoms with Gasteiger partial charge in [-0.1, -0.05) is 28.1 Å². The topological polar surface area (TPSA) is 88.1 Å². The third kappa shape index (κ3) is 4.64. The summed E-state index contributed by atoms with van der Waals surface area (Å²) in [5.41, 5.74) is 4.38. The number of nitrogens with zero attached hydrogens (tertiary/aromatic N) is 2. The number of amides is 2. The van der Waals surface area contributed by atoms with E-state index in [1.807, 2.05) is 24.3 Å². The van der Waals surface area contributed by atoms with Crippen molar-refractivity contribution in [1.82, 2.24) is 5.43 Å². The minimum atomic E-state index is -0.463. The highest BCUT2D eigenvalue weighted by Gasteiger charge is 2.35. The summed E-state index contributed by atoms with van der Waals surface area (Å²) in [5, 5.41) is 3.94. The smallest absolute Gasteiger partial charge is 0.337 e. The lowest BCUT2D eigenvalue weighted by molar-refractivity contribution is -0.126. The summed E-state index contributed by atoms with van der Waals surface area (Å²) in [6.07, 6.45) is 1.62. The van der Waals surface area contributed by atoms with Gasteiger partial charge in [0.25, 0.3) is 0 Å². The molecule has 1 heterocycles. The Morgan fingerprint density at radius 2 is 1.86 bits per heavy atom. The van der Waals surface area contributed by atoms with Crippen LogP contribution in [0.3, 0.4) is 0 Å². The number of carbonyl (C=O) groups is 3. The van der Waals surface area contributed by atoms with E-state index < -0.39 is 11.9 Å². The van der Waals surface area contributed by atoms with Crippen molar-refractivity contribution >= 4 is 45.6 Å². The molecule has 7 nitrogen and oxygen atoms in total. The van der Waals surface area contributed by atoms with Crippen LogP contribution in [0.15, 0.2) is 58.1 Å². The molecule has 1 saturated heterocycles. The molecule has 1 N–H and O–H groups in total. The van der Waals surface area contributed by atoms with Crippen LogP contribution in [0.4, 0.5) is 5.69 Å². The molecule has 2 aromatic carbocycles. The molecule has 0 aliphatic carbocycles. The van der Waals surface area contributed by atoms with Crippen LogP contribution in [0, 0.1) is 5.92 Å². The van der Waals surface area contributed by atoms with Crippen molar-refractivity contribution in [2.45, 2.75) is 6.42 Å². The molecule has 144 valence electrons. The monoisotopic (exact) mass is 443 g/mol. The number of methoxy groups -OCH3 is 1. The van der Waals surface area contributed by atoms with E-state index in [0.29, 0.717) is 17.7 Å². The largest absolute Gasteiger partial charge is 0.465 e. The first-order chi connectivity index (χ1) is 13.5. The molecular formula is C20H18BrN3O4.